The summed E-state index contributed by atoms with van der Waals surface area (Å²) in [5, 5.41) is 13.3. The van der Waals surface area contributed by atoms with Crippen LogP contribution in [0.1, 0.15) is 11.1 Å². The Morgan fingerprint density at radius 3 is 2.53 bits per heavy atom. The molecule has 150 valence electrons. The van der Waals surface area contributed by atoms with Gasteiger partial charge in [0, 0.05) is 29.6 Å². The lowest BCUT2D eigenvalue weighted by molar-refractivity contribution is -0.384. The highest BCUT2D eigenvalue weighted by atomic mass is 32.1. The maximum absolute atomic E-state index is 11.2. The Morgan fingerprint density at radius 1 is 1.00 bits per heavy atom. The van der Waals surface area contributed by atoms with Gasteiger partial charge in [0.1, 0.15) is 0 Å². The quantitative estimate of drug-likeness (QED) is 0.290. The van der Waals surface area contributed by atoms with E-state index in [0.29, 0.717) is 0 Å². The summed E-state index contributed by atoms with van der Waals surface area (Å²) in [6.45, 7) is 2.78. The minimum absolute atomic E-state index is 0.0886. The van der Waals surface area contributed by atoms with Gasteiger partial charge in [-0.1, -0.05) is 60.7 Å². The van der Waals surface area contributed by atoms with E-state index in [4.69, 9.17) is 4.99 Å². The molecule has 6 heteroatoms. The number of benzene rings is 3. The summed E-state index contributed by atoms with van der Waals surface area (Å²) in [5.74, 6) is 0. The molecule has 0 bridgehead atoms. The largest absolute Gasteiger partial charge is 0.316 e. The number of nitrogens with zero attached hydrogens (tertiary/aromatic N) is 3. The Labute approximate surface area is 178 Å². The van der Waals surface area contributed by atoms with Gasteiger partial charge in [-0.3, -0.25) is 10.1 Å². The van der Waals surface area contributed by atoms with Crippen molar-refractivity contribution in [3.05, 3.63) is 110 Å². The van der Waals surface area contributed by atoms with Crippen molar-refractivity contribution in [3.63, 3.8) is 0 Å². The zero-order valence-electron chi connectivity index (χ0n) is 16.6. The number of hydrogen-bond acceptors (Lipinski definition) is 4. The van der Waals surface area contributed by atoms with Gasteiger partial charge in [0.05, 0.1) is 16.3 Å². The van der Waals surface area contributed by atoms with E-state index < -0.39 is 0 Å². The van der Waals surface area contributed by atoms with Crippen molar-refractivity contribution in [2.45, 2.75) is 19.9 Å². The number of non-ortho nitro benzene ring substituents is 1. The fourth-order valence-corrected chi connectivity index (χ4v) is 4.27. The van der Waals surface area contributed by atoms with Gasteiger partial charge in [0.2, 0.25) is 0 Å². The lowest BCUT2D eigenvalue weighted by Crippen LogP contribution is -2.17. The molecule has 4 rings (SSSR count). The van der Waals surface area contributed by atoms with Crippen molar-refractivity contribution in [2.24, 2.45) is 4.99 Å². The standard InChI is InChI=1S/C24H21N3O2S/c1-18-8-5-6-13-22(18)25-24-26(15-14-19-9-3-2-4-10-19)23(17-30-24)20-11-7-12-21(16-20)27(28)29/h2-13,16-17H,14-15H2,1H3. The van der Waals surface area contributed by atoms with Crippen molar-refractivity contribution < 1.29 is 4.92 Å². The molecule has 1 aromatic heterocycles. The van der Waals surface area contributed by atoms with E-state index in [1.54, 1.807) is 23.5 Å². The topological polar surface area (TPSA) is 60.4 Å². The van der Waals surface area contributed by atoms with Crippen LogP contribution in [0.4, 0.5) is 11.4 Å². The summed E-state index contributed by atoms with van der Waals surface area (Å²) < 4.78 is 2.16. The molecule has 0 unspecified atom stereocenters. The first-order valence-electron chi connectivity index (χ1n) is 9.69. The van der Waals surface area contributed by atoms with Crippen LogP contribution in [0, 0.1) is 17.0 Å². The summed E-state index contributed by atoms with van der Waals surface area (Å²) in [6, 6.07) is 25.1. The Bertz CT molecular complexity index is 1240. The predicted molar refractivity (Wildman–Crippen MR) is 121 cm³/mol. The van der Waals surface area contributed by atoms with Crippen LogP contribution in [-0.4, -0.2) is 9.49 Å². The average Bonchev–Trinajstić information content (AvgIpc) is 3.17. The van der Waals surface area contributed by atoms with Gasteiger partial charge in [-0.2, -0.15) is 0 Å². The van der Waals surface area contributed by atoms with Gasteiger partial charge in [-0.15, -0.1) is 11.3 Å². The number of thiazole rings is 1. The van der Waals surface area contributed by atoms with Gasteiger partial charge in [0.25, 0.3) is 5.69 Å². The smallest absolute Gasteiger partial charge is 0.270 e. The lowest BCUT2D eigenvalue weighted by atomic mass is 10.1. The van der Waals surface area contributed by atoms with Crippen LogP contribution in [-0.2, 0) is 13.0 Å². The number of nitro benzene ring substituents is 1. The van der Waals surface area contributed by atoms with E-state index in [-0.39, 0.29) is 10.6 Å². The minimum atomic E-state index is -0.358. The number of para-hydroxylation sites is 1. The van der Waals surface area contributed by atoms with E-state index in [1.807, 2.05) is 60.8 Å². The molecule has 30 heavy (non-hydrogen) atoms. The van der Waals surface area contributed by atoms with Crippen molar-refractivity contribution in [1.82, 2.24) is 4.57 Å². The van der Waals surface area contributed by atoms with Crippen LogP contribution < -0.4 is 4.80 Å². The van der Waals surface area contributed by atoms with Crippen LogP contribution in [0.15, 0.2) is 89.2 Å². The maximum atomic E-state index is 11.2. The van der Waals surface area contributed by atoms with Gasteiger partial charge in [-0.25, -0.2) is 4.99 Å². The Hall–Kier alpha value is -3.51. The monoisotopic (exact) mass is 415 g/mol. The molecule has 0 aliphatic heterocycles. The van der Waals surface area contributed by atoms with E-state index in [0.717, 1.165) is 40.3 Å². The number of hydrogen-bond donors (Lipinski definition) is 0. The first kappa shape index (κ1) is 19.8. The van der Waals surface area contributed by atoms with E-state index in [2.05, 4.69) is 16.7 Å². The first-order valence-corrected chi connectivity index (χ1v) is 10.6. The molecule has 4 aromatic rings. The highest BCUT2D eigenvalue weighted by Crippen LogP contribution is 2.25. The SMILES string of the molecule is Cc1ccccc1N=c1scc(-c2cccc([N+](=O)[O-])c2)n1CCc1ccccc1. The van der Waals surface area contributed by atoms with E-state index in [9.17, 15) is 10.1 Å². The Morgan fingerprint density at radius 2 is 1.77 bits per heavy atom. The van der Waals surface area contributed by atoms with Crippen molar-refractivity contribution in [3.8, 4) is 11.3 Å². The van der Waals surface area contributed by atoms with Crippen LogP contribution in [0.3, 0.4) is 0 Å². The molecule has 5 nitrogen and oxygen atoms in total. The molecule has 0 saturated heterocycles. The highest BCUT2D eigenvalue weighted by Gasteiger charge is 2.13. The molecule has 0 spiro atoms. The molecule has 0 atom stereocenters. The second-order valence-electron chi connectivity index (χ2n) is 7.00. The zero-order valence-corrected chi connectivity index (χ0v) is 17.4. The van der Waals surface area contributed by atoms with Gasteiger partial charge >= 0.3 is 0 Å². The zero-order chi connectivity index (χ0) is 20.9. The van der Waals surface area contributed by atoms with E-state index >= 15 is 0 Å². The summed E-state index contributed by atoms with van der Waals surface area (Å²) >= 11 is 1.55. The lowest BCUT2D eigenvalue weighted by Gasteiger charge is -2.10. The third-order valence-electron chi connectivity index (χ3n) is 4.95. The first-order chi connectivity index (χ1) is 14.6. The molecule has 0 N–H and O–H groups in total. The number of nitro groups is 1. The fourth-order valence-electron chi connectivity index (χ4n) is 3.32. The summed E-state index contributed by atoms with van der Waals surface area (Å²) in [7, 11) is 0. The van der Waals surface area contributed by atoms with Crippen molar-refractivity contribution >= 4 is 22.7 Å². The fraction of sp³-hybridized carbons (Fsp3) is 0.125. The molecule has 0 saturated carbocycles. The summed E-state index contributed by atoms with van der Waals surface area (Å²) in [5.41, 5.74) is 5.12. The maximum Gasteiger partial charge on any atom is 0.270 e. The Balaban J connectivity index is 1.80. The molecule has 3 aromatic carbocycles. The second-order valence-corrected chi connectivity index (χ2v) is 7.83. The molecule has 0 fully saturated rings. The van der Waals surface area contributed by atoms with E-state index in [1.165, 1.54) is 11.6 Å². The number of aryl methyl sites for hydroxylation is 2. The summed E-state index contributed by atoms with van der Waals surface area (Å²) in [6.07, 6.45) is 0.848. The molecular formula is C24H21N3O2S. The molecule has 0 amide bonds. The normalized spacial score (nSPS) is 11.6. The minimum Gasteiger partial charge on any atom is -0.316 e. The van der Waals surface area contributed by atoms with Crippen molar-refractivity contribution in [2.75, 3.05) is 0 Å². The van der Waals surface area contributed by atoms with Crippen LogP contribution >= 0.6 is 11.3 Å². The predicted octanol–water partition coefficient (Wildman–Crippen LogP) is 5.91. The highest BCUT2D eigenvalue weighted by molar-refractivity contribution is 7.07. The molecule has 0 aliphatic carbocycles. The van der Waals surface area contributed by atoms with Crippen LogP contribution in [0.2, 0.25) is 0 Å². The third kappa shape index (κ3) is 4.39. The molecular weight excluding hydrogens is 394 g/mol. The van der Waals surface area contributed by atoms with Gasteiger partial charge in [-0.05, 0) is 30.5 Å². The number of rotatable bonds is 6. The molecule has 0 radical (unpaired) electrons. The molecule has 0 aliphatic rings. The number of aromatic nitrogens is 1. The third-order valence-corrected chi connectivity index (χ3v) is 5.81. The second kappa shape index (κ2) is 8.88. The van der Waals surface area contributed by atoms with Crippen LogP contribution in [0.5, 0.6) is 0 Å². The van der Waals surface area contributed by atoms with Crippen molar-refractivity contribution in [1.29, 1.82) is 0 Å². The molecule has 1 heterocycles. The average molecular weight is 416 g/mol. The van der Waals surface area contributed by atoms with Crippen LogP contribution in [0.25, 0.3) is 11.3 Å². The van der Waals surface area contributed by atoms with Gasteiger partial charge in [0.15, 0.2) is 4.80 Å². The summed E-state index contributed by atoms with van der Waals surface area (Å²) in [4.78, 5) is 16.7. The van der Waals surface area contributed by atoms with Gasteiger partial charge < -0.3 is 4.57 Å². The Kier molecular flexibility index (Phi) is 5.86.